The van der Waals surface area contributed by atoms with Crippen molar-refractivity contribution in [3.63, 3.8) is 0 Å². The Kier molecular flexibility index (Phi) is 3.93. The molecule has 8 heteroatoms. The Morgan fingerprint density at radius 1 is 1.36 bits per heavy atom. The van der Waals surface area contributed by atoms with Crippen LogP contribution in [0.2, 0.25) is 0 Å². The molecule has 1 aliphatic carbocycles. The van der Waals surface area contributed by atoms with Gasteiger partial charge in [-0.25, -0.2) is 9.78 Å². The lowest BCUT2D eigenvalue weighted by Crippen LogP contribution is -2.42. The second-order valence-electron chi connectivity index (χ2n) is 5.14. The second kappa shape index (κ2) is 5.88. The summed E-state index contributed by atoms with van der Waals surface area (Å²) in [4.78, 5) is 39.7. The first-order valence-corrected chi connectivity index (χ1v) is 7.57. The number of hydrogen-bond acceptors (Lipinski definition) is 4. The number of aromatic nitrogens is 2. The van der Waals surface area contributed by atoms with Crippen molar-refractivity contribution in [3.8, 4) is 0 Å². The Bertz CT molecular complexity index is 813. The van der Waals surface area contributed by atoms with Crippen LogP contribution in [0.1, 0.15) is 12.8 Å². The van der Waals surface area contributed by atoms with Crippen LogP contribution < -0.4 is 16.2 Å². The van der Waals surface area contributed by atoms with Gasteiger partial charge in [-0.3, -0.25) is 19.5 Å². The van der Waals surface area contributed by atoms with Gasteiger partial charge >= 0.3 is 6.03 Å². The molecule has 3 rings (SSSR count). The highest BCUT2D eigenvalue weighted by Gasteiger charge is 2.24. The quantitative estimate of drug-likeness (QED) is 0.853. The summed E-state index contributed by atoms with van der Waals surface area (Å²) in [5.74, 6) is -0.559. The number of rotatable bonds is 3. The molecule has 0 atom stereocenters. The second-order valence-corrected chi connectivity index (χ2v) is 6.05. The minimum Gasteiger partial charge on any atom is -0.335 e. The lowest BCUT2D eigenvalue weighted by atomic mass is 10.2. The highest BCUT2D eigenvalue weighted by molar-refractivity contribution is 9.10. The molecule has 1 fully saturated rings. The van der Waals surface area contributed by atoms with Crippen LogP contribution in [-0.2, 0) is 11.3 Å². The molecule has 7 nitrogen and oxygen atoms in total. The number of fused-ring (bicyclic) bond motifs is 1. The van der Waals surface area contributed by atoms with E-state index in [1.54, 1.807) is 18.2 Å². The smallest absolute Gasteiger partial charge is 0.321 e. The number of benzene rings is 1. The van der Waals surface area contributed by atoms with Crippen molar-refractivity contribution in [2.24, 2.45) is 0 Å². The first-order chi connectivity index (χ1) is 10.5. The molecule has 0 unspecified atom stereocenters. The maximum atomic E-state index is 12.3. The Labute approximate surface area is 133 Å². The summed E-state index contributed by atoms with van der Waals surface area (Å²) in [5, 5.41) is 5.25. The molecule has 1 heterocycles. The van der Waals surface area contributed by atoms with E-state index in [1.807, 2.05) is 0 Å². The molecule has 2 aromatic rings. The Balaban J connectivity index is 1.75. The Morgan fingerprint density at radius 3 is 2.86 bits per heavy atom. The molecule has 1 aromatic heterocycles. The molecule has 22 heavy (non-hydrogen) atoms. The van der Waals surface area contributed by atoms with E-state index < -0.39 is 11.9 Å². The number of amides is 3. The minimum absolute atomic E-state index is 0.162. The highest BCUT2D eigenvalue weighted by atomic mass is 79.9. The fourth-order valence-corrected chi connectivity index (χ4v) is 2.37. The zero-order chi connectivity index (χ0) is 15.7. The van der Waals surface area contributed by atoms with Crippen molar-refractivity contribution in [1.29, 1.82) is 0 Å². The van der Waals surface area contributed by atoms with Crippen molar-refractivity contribution < 1.29 is 9.59 Å². The molecule has 0 spiro atoms. The van der Waals surface area contributed by atoms with Crippen LogP contribution in [0, 0.1) is 0 Å². The molecule has 0 bridgehead atoms. The van der Waals surface area contributed by atoms with Gasteiger partial charge < -0.3 is 5.32 Å². The average Bonchev–Trinajstić information content (AvgIpc) is 3.26. The van der Waals surface area contributed by atoms with E-state index in [0.29, 0.717) is 10.9 Å². The van der Waals surface area contributed by atoms with Gasteiger partial charge in [-0.15, -0.1) is 0 Å². The summed E-state index contributed by atoms with van der Waals surface area (Å²) in [6, 6.07) is 4.79. The van der Waals surface area contributed by atoms with Gasteiger partial charge in [0.15, 0.2) is 0 Å². The fourth-order valence-electron chi connectivity index (χ4n) is 2.01. The number of hydrogen-bond donors (Lipinski definition) is 2. The van der Waals surface area contributed by atoms with Crippen molar-refractivity contribution in [3.05, 3.63) is 39.4 Å². The third kappa shape index (κ3) is 3.33. The molecule has 1 aromatic carbocycles. The topological polar surface area (TPSA) is 93.1 Å². The van der Waals surface area contributed by atoms with E-state index in [0.717, 1.165) is 17.3 Å². The van der Waals surface area contributed by atoms with Crippen molar-refractivity contribution in [2.75, 3.05) is 0 Å². The van der Waals surface area contributed by atoms with Crippen LogP contribution in [0.25, 0.3) is 10.9 Å². The van der Waals surface area contributed by atoms with Gasteiger partial charge in [-0.05, 0) is 31.0 Å². The van der Waals surface area contributed by atoms with Crippen molar-refractivity contribution in [2.45, 2.75) is 25.4 Å². The van der Waals surface area contributed by atoms with E-state index in [9.17, 15) is 14.4 Å². The molecule has 0 aliphatic heterocycles. The van der Waals surface area contributed by atoms with Crippen LogP contribution in [0.4, 0.5) is 4.79 Å². The standard InChI is InChI=1S/C14H13BrN4O3/c15-8-1-4-11-10(5-8)13(21)19(7-16-11)6-12(20)18-14(22)17-9-2-3-9/h1,4-5,7,9H,2-3,6H2,(H2,17,18,20,22). The van der Waals surface area contributed by atoms with Crippen LogP contribution in [0.15, 0.2) is 33.8 Å². The van der Waals surface area contributed by atoms with Crippen LogP contribution in [0.3, 0.4) is 0 Å². The van der Waals surface area contributed by atoms with Crippen molar-refractivity contribution in [1.82, 2.24) is 20.2 Å². The third-order valence-electron chi connectivity index (χ3n) is 3.27. The predicted octanol–water partition coefficient (Wildman–Crippen LogP) is 1.15. The van der Waals surface area contributed by atoms with E-state index >= 15 is 0 Å². The fraction of sp³-hybridized carbons (Fsp3) is 0.286. The van der Waals surface area contributed by atoms with Crippen LogP contribution in [-0.4, -0.2) is 27.5 Å². The van der Waals surface area contributed by atoms with E-state index in [2.05, 4.69) is 31.5 Å². The molecule has 1 aliphatic rings. The third-order valence-corrected chi connectivity index (χ3v) is 3.76. The SMILES string of the molecule is O=C(Cn1cnc2ccc(Br)cc2c1=O)NC(=O)NC1CC1. The zero-order valence-electron chi connectivity index (χ0n) is 11.5. The van der Waals surface area contributed by atoms with Gasteiger partial charge in [0.25, 0.3) is 5.56 Å². The van der Waals surface area contributed by atoms with E-state index in [4.69, 9.17) is 0 Å². The molecular formula is C14H13BrN4O3. The molecule has 2 N–H and O–H groups in total. The van der Waals surface area contributed by atoms with E-state index in [-0.39, 0.29) is 18.1 Å². The number of nitrogens with zero attached hydrogens (tertiary/aromatic N) is 2. The van der Waals surface area contributed by atoms with Gasteiger partial charge in [-0.2, -0.15) is 0 Å². The summed E-state index contributed by atoms with van der Waals surface area (Å²) in [7, 11) is 0. The monoisotopic (exact) mass is 364 g/mol. The molecule has 1 saturated carbocycles. The van der Waals surface area contributed by atoms with Gasteiger partial charge in [-0.1, -0.05) is 15.9 Å². The van der Waals surface area contributed by atoms with Gasteiger partial charge in [0.1, 0.15) is 6.54 Å². The highest BCUT2D eigenvalue weighted by Crippen LogP contribution is 2.18. The first-order valence-electron chi connectivity index (χ1n) is 6.78. The Morgan fingerprint density at radius 2 is 2.14 bits per heavy atom. The number of nitrogens with one attached hydrogen (secondary N) is 2. The summed E-state index contributed by atoms with van der Waals surface area (Å²) >= 11 is 3.30. The average molecular weight is 365 g/mol. The van der Waals surface area contributed by atoms with Crippen LogP contribution in [0.5, 0.6) is 0 Å². The number of carbonyl (C=O) groups is 2. The largest absolute Gasteiger partial charge is 0.335 e. The van der Waals surface area contributed by atoms with Gasteiger partial charge in [0.2, 0.25) is 5.91 Å². The van der Waals surface area contributed by atoms with Crippen LogP contribution >= 0.6 is 15.9 Å². The van der Waals surface area contributed by atoms with Gasteiger partial charge in [0.05, 0.1) is 17.2 Å². The van der Waals surface area contributed by atoms with E-state index in [1.165, 1.54) is 10.9 Å². The summed E-state index contributed by atoms with van der Waals surface area (Å²) in [5.41, 5.74) is 0.223. The van der Waals surface area contributed by atoms with Crippen molar-refractivity contribution >= 4 is 38.8 Å². The summed E-state index contributed by atoms with van der Waals surface area (Å²) in [6.45, 7) is -0.258. The lowest BCUT2D eigenvalue weighted by Gasteiger charge is -2.08. The summed E-state index contributed by atoms with van der Waals surface area (Å²) < 4.78 is 1.93. The van der Waals surface area contributed by atoms with Gasteiger partial charge in [0, 0.05) is 10.5 Å². The first kappa shape index (κ1) is 14.7. The molecule has 3 amide bonds. The molecule has 0 saturated heterocycles. The maximum Gasteiger partial charge on any atom is 0.321 e. The summed E-state index contributed by atoms with van der Waals surface area (Å²) in [6.07, 6.45) is 3.17. The molecule has 0 radical (unpaired) electrons. The number of urea groups is 1. The molecule has 114 valence electrons. The lowest BCUT2D eigenvalue weighted by molar-refractivity contribution is -0.120. The predicted molar refractivity (Wildman–Crippen MR) is 83.4 cm³/mol. The Hall–Kier alpha value is -2.22. The minimum atomic E-state index is -0.559. The number of carbonyl (C=O) groups excluding carboxylic acids is 2. The zero-order valence-corrected chi connectivity index (χ0v) is 13.1. The normalized spacial score (nSPS) is 13.9. The number of halogens is 1. The maximum absolute atomic E-state index is 12.3. The number of imide groups is 1. The molecular weight excluding hydrogens is 352 g/mol.